The molecule has 2 aromatic carbocycles. The normalized spacial score (nSPS) is 11.9. The van der Waals surface area contributed by atoms with E-state index >= 15 is 0 Å². The van der Waals surface area contributed by atoms with Crippen molar-refractivity contribution >= 4 is 11.6 Å². The highest BCUT2D eigenvalue weighted by Crippen LogP contribution is 2.15. The van der Waals surface area contributed by atoms with Crippen molar-refractivity contribution in [3.63, 3.8) is 0 Å². The first kappa shape index (κ1) is 13.1. The molecule has 0 saturated heterocycles. The van der Waals surface area contributed by atoms with Gasteiger partial charge in [0, 0.05) is 5.69 Å². The van der Waals surface area contributed by atoms with Crippen molar-refractivity contribution in [3.8, 4) is 0 Å². The quantitative estimate of drug-likeness (QED) is 0.832. The topological polar surface area (TPSA) is 55.1 Å². The molecule has 0 fully saturated rings. The monoisotopic (exact) mass is 258 g/mol. The van der Waals surface area contributed by atoms with Gasteiger partial charge in [-0.2, -0.15) is 0 Å². The predicted molar refractivity (Wildman–Crippen MR) is 73.1 cm³/mol. The molecule has 0 aliphatic rings. The van der Waals surface area contributed by atoms with E-state index in [1.54, 1.807) is 0 Å². The number of nitrogen functional groups attached to an aromatic ring is 1. The molecule has 19 heavy (non-hydrogen) atoms. The van der Waals surface area contributed by atoms with E-state index in [4.69, 9.17) is 5.73 Å². The van der Waals surface area contributed by atoms with Crippen molar-refractivity contribution in [2.24, 2.45) is 0 Å². The summed E-state index contributed by atoms with van der Waals surface area (Å²) < 4.78 is 13.6. The second-order valence-corrected chi connectivity index (χ2v) is 4.35. The molecule has 2 rings (SSSR count). The van der Waals surface area contributed by atoms with E-state index in [2.05, 4.69) is 5.32 Å². The maximum Gasteiger partial charge on any atom is 0.254 e. The van der Waals surface area contributed by atoms with Crippen molar-refractivity contribution in [2.75, 3.05) is 5.73 Å². The van der Waals surface area contributed by atoms with Crippen LogP contribution in [0.3, 0.4) is 0 Å². The Morgan fingerprint density at radius 2 is 1.89 bits per heavy atom. The second kappa shape index (κ2) is 5.52. The molecular weight excluding hydrogens is 243 g/mol. The van der Waals surface area contributed by atoms with Gasteiger partial charge in [-0.3, -0.25) is 4.79 Å². The van der Waals surface area contributed by atoms with Gasteiger partial charge in [0.05, 0.1) is 11.6 Å². The van der Waals surface area contributed by atoms with Crippen molar-refractivity contribution in [1.29, 1.82) is 0 Å². The highest BCUT2D eigenvalue weighted by molar-refractivity contribution is 5.95. The molecule has 0 saturated carbocycles. The number of carbonyl (C=O) groups is 1. The summed E-state index contributed by atoms with van der Waals surface area (Å²) in [5.74, 6) is -1.05. The van der Waals surface area contributed by atoms with Crippen molar-refractivity contribution in [3.05, 3.63) is 65.5 Å². The summed E-state index contributed by atoms with van der Waals surface area (Å²) in [6.07, 6.45) is 0. The SMILES string of the molecule is C[C@@H](NC(=O)c1cc(N)ccc1F)c1ccccc1. The lowest BCUT2D eigenvalue weighted by molar-refractivity contribution is 0.0936. The smallest absolute Gasteiger partial charge is 0.254 e. The van der Waals surface area contributed by atoms with Crippen LogP contribution in [0, 0.1) is 5.82 Å². The van der Waals surface area contributed by atoms with E-state index < -0.39 is 11.7 Å². The summed E-state index contributed by atoms with van der Waals surface area (Å²) in [6, 6.07) is 13.2. The first-order chi connectivity index (χ1) is 9.08. The van der Waals surface area contributed by atoms with Crippen LogP contribution in [0.15, 0.2) is 48.5 Å². The molecule has 0 unspecified atom stereocenters. The molecule has 2 aromatic rings. The molecular formula is C15H15FN2O. The van der Waals surface area contributed by atoms with Gasteiger partial charge in [0.1, 0.15) is 5.82 Å². The fourth-order valence-electron chi connectivity index (χ4n) is 1.82. The molecule has 4 heteroatoms. The summed E-state index contributed by atoms with van der Waals surface area (Å²) in [5.41, 5.74) is 6.84. The number of carbonyl (C=O) groups excluding carboxylic acids is 1. The molecule has 0 aliphatic heterocycles. The number of amides is 1. The van der Waals surface area contributed by atoms with Gasteiger partial charge in [-0.15, -0.1) is 0 Å². The number of hydrogen-bond acceptors (Lipinski definition) is 2. The molecule has 0 spiro atoms. The van der Waals surface area contributed by atoms with Crippen LogP contribution in [0.25, 0.3) is 0 Å². The summed E-state index contributed by atoms with van der Waals surface area (Å²) in [7, 11) is 0. The third-order valence-corrected chi connectivity index (χ3v) is 2.88. The fourth-order valence-corrected chi connectivity index (χ4v) is 1.82. The summed E-state index contributed by atoms with van der Waals surface area (Å²) in [6.45, 7) is 1.84. The number of anilines is 1. The molecule has 98 valence electrons. The lowest BCUT2D eigenvalue weighted by Crippen LogP contribution is -2.27. The molecule has 1 atom stereocenters. The zero-order chi connectivity index (χ0) is 13.8. The van der Waals surface area contributed by atoms with Crippen LogP contribution in [0.4, 0.5) is 10.1 Å². The Morgan fingerprint density at radius 3 is 2.58 bits per heavy atom. The van der Waals surface area contributed by atoms with E-state index in [9.17, 15) is 9.18 Å². The van der Waals surface area contributed by atoms with E-state index in [0.717, 1.165) is 5.56 Å². The number of benzene rings is 2. The maximum absolute atomic E-state index is 13.6. The average molecular weight is 258 g/mol. The molecule has 3 N–H and O–H groups in total. The zero-order valence-electron chi connectivity index (χ0n) is 10.6. The Hall–Kier alpha value is -2.36. The molecule has 0 aliphatic carbocycles. The molecule has 3 nitrogen and oxygen atoms in total. The first-order valence-electron chi connectivity index (χ1n) is 5.99. The molecule has 0 bridgehead atoms. The fraction of sp³-hybridized carbons (Fsp3) is 0.133. The summed E-state index contributed by atoms with van der Waals surface area (Å²) >= 11 is 0. The first-order valence-corrected chi connectivity index (χ1v) is 5.99. The van der Waals surface area contributed by atoms with Gasteiger partial charge in [-0.25, -0.2) is 4.39 Å². The van der Waals surface area contributed by atoms with E-state index in [1.165, 1.54) is 18.2 Å². The van der Waals surface area contributed by atoms with E-state index in [-0.39, 0.29) is 11.6 Å². The number of hydrogen-bond donors (Lipinski definition) is 2. The van der Waals surface area contributed by atoms with Crippen LogP contribution in [-0.2, 0) is 0 Å². The van der Waals surface area contributed by atoms with E-state index in [1.807, 2.05) is 37.3 Å². The van der Waals surface area contributed by atoms with Crippen LogP contribution in [0.1, 0.15) is 28.9 Å². The second-order valence-electron chi connectivity index (χ2n) is 4.35. The average Bonchev–Trinajstić information content (AvgIpc) is 2.42. The standard InChI is InChI=1S/C15H15FN2O/c1-10(11-5-3-2-4-6-11)18-15(19)13-9-12(17)7-8-14(13)16/h2-10H,17H2,1H3,(H,18,19)/t10-/m1/s1. The highest BCUT2D eigenvalue weighted by Gasteiger charge is 2.15. The van der Waals surface area contributed by atoms with Crippen LogP contribution >= 0.6 is 0 Å². The van der Waals surface area contributed by atoms with Gasteiger partial charge in [0.15, 0.2) is 0 Å². The van der Waals surface area contributed by atoms with Crippen molar-refractivity contribution < 1.29 is 9.18 Å². The minimum absolute atomic E-state index is 0.0391. The predicted octanol–water partition coefficient (Wildman–Crippen LogP) is 2.90. The van der Waals surface area contributed by atoms with Gasteiger partial charge in [0.25, 0.3) is 5.91 Å². The Balaban J connectivity index is 2.15. The van der Waals surface area contributed by atoms with Gasteiger partial charge in [-0.1, -0.05) is 30.3 Å². The summed E-state index contributed by atoms with van der Waals surface area (Å²) in [5, 5.41) is 2.75. The number of nitrogens with two attached hydrogens (primary N) is 1. The van der Waals surface area contributed by atoms with Crippen LogP contribution in [0.5, 0.6) is 0 Å². The third-order valence-electron chi connectivity index (χ3n) is 2.88. The zero-order valence-corrected chi connectivity index (χ0v) is 10.6. The van der Waals surface area contributed by atoms with Gasteiger partial charge in [-0.05, 0) is 30.7 Å². The molecule has 1 amide bonds. The number of nitrogens with one attached hydrogen (secondary N) is 1. The van der Waals surface area contributed by atoms with Crippen LogP contribution in [-0.4, -0.2) is 5.91 Å². The Kier molecular flexibility index (Phi) is 3.80. The lowest BCUT2D eigenvalue weighted by atomic mass is 10.1. The molecule has 0 heterocycles. The largest absolute Gasteiger partial charge is 0.399 e. The van der Waals surface area contributed by atoms with Crippen LogP contribution < -0.4 is 11.1 Å². The third kappa shape index (κ3) is 3.10. The van der Waals surface area contributed by atoms with Crippen molar-refractivity contribution in [2.45, 2.75) is 13.0 Å². The van der Waals surface area contributed by atoms with Gasteiger partial charge in [0.2, 0.25) is 0 Å². The Morgan fingerprint density at radius 1 is 1.21 bits per heavy atom. The van der Waals surface area contributed by atoms with Gasteiger partial charge < -0.3 is 11.1 Å². The minimum Gasteiger partial charge on any atom is -0.399 e. The lowest BCUT2D eigenvalue weighted by Gasteiger charge is -2.14. The van der Waals surface area contributed by atoms with Gasteiger partial charge >= 0.3 is 0 Å². The van der Waals surface area contributed by atoms with Crippen molar-refractivity contribution in [1.82, 2.24) is 5.32 Å². The number of rotatable bonds is 3. The van der Waals surface area contributed by atoms with Crippen LogP contribution in [0.2, 0.25) is 0 Å². The minimum atomic E-state index is -0.577. The highest BCUT2D eigenvalue weighted by atomic mass is 19.1. The molecule has 0 radical (unpaired) electrons. The van der Waals surface area contributed by atoms with E-state index in [0.29, 0.717) is 5.69 Å². The maximum atomic E-state index is 13.6. The Bertz CT molecular complexity index is 584. The summed E-state index contributed by atoms with van der Waals surface area (Å²) in [4.78, 5) is 12.0. The number of halogens is 1. The Labute approximate surface area is 111 Å². The molecule has 0 aromatic heterocycles.